The number of nitrogens with zero attached hydrogens (tertiary/aromatic N) is 2. The fourth-order valence-corrected chi connectivity index (χ4v) is 4.53. The molecule has 0 bridgehead atoms. The topological polar surface area (TPSA) is 63.7 Å². The van der Waals surface area contributed by atoms with Crippen LogP contribution in [0.3, 0.4) is 0 Å². The third-order valence-electron chi connectivity index (χ3n) is 6.17. The van der Waals surface area contributed by atoms with Crippen molar-refractivity contribution in [3.05, 3.63) is 89.7 Å². The van der Waals surface area contributed by atoms with Crippen molar-refractivity contribution in [2.45, 2.75) is 25.4 Å². The van der Waals surface area contributed by atoms with Gasteiger partial charge < -0.3 is 14.8 Å². The van der Waals surface area contributed by atoms with Crippen LogP contribution in [0.4, 0.5) is 0 Å². The Morgan fingerprint density at radius 3 is 2.42 bits per heavy atom. The summed E-state index contributed by atoms with van der Waals surface area (Å²) in [5.41, 5.74) is 3.38. The standard InChI is InChI=1S/C27H31N3O3/c1-32-25-11-21(12-26(14-25)33-2)17-30-18-23(22-8-4-3-5-9-22)13-24(19-30)27(31)29-16-20-7-6-10-28-15-20/h3-12,14-15,23-24H,13,16-19H2,1-2H3,(H,29,31). The zero-order valence-electron chi connectivity index (χ0n) is 19.2. The van der Waals surface area contributed by atoms with Gasteiger partial charge in [-0.3, -0.25) is 14.7 Å². The number of carbonyl (C=O) groups excluding carboxylic acids is 1. The molecule has 1 aliphatic rings. The highest BCUT2D eigenvalue weighted by Crippen LogP contribution is 2.32. The number of rotatable bonds is 8. The molecular formula is C27H31N3O3. The maximum absolute atomic E-state index is 13.1. The summed E-state index contributed by atoms with van der Waals surface area (Å²) in [5, 5.41) is 3.12. The molecule has 33 heavy (non-hydrogen) atoms. The van der Waals surface area contributed by atoms with Gasteiger partial charge in [-0.1, -0.05) is 36.4 Å². The Bertz CT molecular complexity index is 1020. The Hall–Kier alpha value is -3.38. The van der Waals surface area contributed by atoms with E-state index in [1.807, 2.05) is 36.4 Å². The molecule has 0 radical (unpaired) electrons. The van der Waals surface area contributed by atoms with E-state index in [1.54, 1.807) is 26.6 Å². The summed E-state index contributed by atoms with van der Waals surface area (Å²) in [4.78, 5) is 19.6. The molecule has 6 nitrogen and oxygen atoms in total. The fourth-order valence-electron chi connectivity index (χ4n) is 4.53. The molecule has 2 atom stereocenters. The molecule has 1 fully saturated rings. The number of benzene rings is 2. The third kappa shape index (κ3) is 6.11. The maximum atomic E-state index is 13.1. The van der Waals surface area contributed by atoms with Crippen LogP contribution in [0.25, 0.3) is 0 Å². The van der Waals surface area contributed by atoms with E-state index in [4.69, 9.17) is 9.47 Å². The van der Waals surface area contributed by atoms with Crippen LogP contribution < -0.4 is 14.8 Å². The van der Waals surface area contributed by atoms with E-state index in [0.29, 0.717) is 19.0 Å². The number of methoxy groups -OCH3 is 2. The van der Waals surface area contributed by atoms with E-state index in [0.717, 1.165) is 42.1 Å². The van der Waals surface area contributed by atoms with Crippen molar-refractivity contribution in [1.29, 1.82) is 0 Å². The van der Waals surface area contributed by atoms with Crippen LogP contribution in [0.1, 0.15) is 29.0 Å². The molecule has 172 valence electrons. The summed E-state index contributed by atoms with van der Waals surface area (Å²) < 4.78 is 10.9. The second-order valence-corrected chi connectivity index (χ2v) is 8.53. The molecule has 0 aliphatic carbocycles. The van der Waals surface area contributed by atoms with Gasteiger partial charge in [0.05, 0.1) is 20.1 Å². The van der Waals surface area contributed by atoms with Gasteiger partial charge in [0.15, 0.2) is 0 Å². The number of ether oxygens (including phenoxy) is 2. The van der Waals surface area contributed by atoms with Crippen LogP contribution in [-0.4, -0.2) is 43.1 Å². The third-order valence-corrected chi connectivity index (χ3v) is 6.17. The number of amides is 1. The highest BCUT2D eigenvalue weighted by atomic mass is 16.5. The number of pyridine rings is 1. The molecule has 1 saturated heterocycles. The fraction of sp³-hybridized carbons (Fsp3) is 0.333. The Balaban J connectivity index is 1.50. The van der Waals surface area contributed by atoms with Crippen LogP contribution in [-0.2, 0) is 17.9 Å². The van der Waals surface area contributed by atoms with Gasteiger partial charge in [-0.05, 0) is 47.2 Å². The maximum Gasteiger partial charge on any atom is 0.224 e. The highest BCUT2D eigenvalue weighted by molar-refractivity contribution is 5.79. The van der Waals surface area contributed by atoms with Gasteiger partial charge in [-0.25, -0.2) is 0 Å². The molecule has 6 heteroatoms. The summed E-state index contributed by atoms with van der Waals surface area (Å²) in [6.45, 7) is 2.83. The monoisotopic (exact) mass is 445 g/mol. The lowest BCUT2D eigenvalue weighted by atomic mass is 9.84. The zero-order chi connectivity index (χ0) is 23.0. The van der Waals surface area contributed by atoms with Crippen molar-refractivity contribution < 1.29 is 14.3 Å². The number of nitrogens with one attached hydrogen (secondary N) is 1. The first-order valence-corrected chi connectivity index (χ1v) is 11.3. The summed E-state index contributed by atoms with van der Waals surface area (Å²) in [7, 11) is 3.32. The minimum atomic E-state index is -0.0897. The van der Waals surface area contributed by atoms with Crippen molar-refractivity contribution in [2.75, 3.05) is 27.3 Å². The van der Waals surface area contributed by atoms with Gasteiger partial charge in [0.2, 0.25) is 5.91 Å². The Labute approximate surface area is 195 Å². The van der Waals surface area contributed by atoms with Crippen LogP contribution >= 0.6 is 0 Å². The minimum absolute atomic E-state index is 0.0897. The molecule has 1 aromatic heterocycles. The van der Waals surface area contributed by atoms with E-state index in [9.17, 15) is 4.79 Å². The number of hydrogen-bond donors (Lipinski definition) is 1. The largest absolute Gasteiger partial charge is 0.497 e. The number of piperidine rings is 1. The van der Waals surface area contributed by atoms with Gasteiger partial charge in [0.25, 0.3) is 0 Å². The molecule has 2 aromatic carbocycles. The first kappa shape index (κ1) is 22.8. The highest BCUT2D eigenvalue weighted by Gasteiger charge is 2.32. The SMILES string of the molecule is COc1cc(CN2CC(C(=O)NCc3cccnc3)CC(c3ccccc3)C2)cc(OC)c1. The van der Waals surface area contributed by atoms with Crippen molar-refractivity contribution in [2.24, 2.45) is 5.92 Å². The molecule has 0 saturated carbocycles. The van der Waals surface area contributed by atoms with Crippen LogP contribution in [0.15, 0.2) is 73.1 Å². The minimum Gasteiger partial charge on any atom is -0.497 e. The summed E-state index contributed by atoms with van der Waals surface area (Å²) >= 11 is 0. The van der Waals surface area contributed by atoms with E-state index in [-0.39, 0.29) is 11.8 Å². The second kappa shape index (κ2) is 11.0. The molecule has 0 spiro atoms. The summed E-state index contributed by atoms with van der Waals surface area (Å²) in [6.07, 6.45) is 4.36. The van der Waals surface area contributed by atoms with Crippen LogP contribution in [0.2, 0.25) is 0 Å². The number of likely N-dealkylation sites (tertiary alicyclic amines) is 1. The lowest BCUT2D eigenvalue weighted by Gasteiger charge is -2.37. The van der Waals surface area contributed by atoms with Crippen molar-refractivity contribution in [1.82, 2.24) is 15.2 Å². The molecule has 2 unspecified atom stereocenters. The van der Waals surface area contributed by atoms with E-state index in [2.05, 4.69) is 39.5 Å². The Kier molecular flexibility index (Phi) is 7.58. The van der Waals surface area contributed by atoms with E-state index >= 15 is 0 Å². The molecule has 1 amide bonds. The first-order chi connectivity index (χ1) is 16.1. The van der Waals surface area contributed by atoms with E-state index in [1.165, 1.54) is 5.56 Å². The van der Waals surface area contributed by atoms with Crippen molar-refractivity contribution in [3.63, 3.8) is 0 Å². The zero-order valence-corrected chi connectivity index (χ0v) is 19.2. The normalized spacial score (nSPS) is 18.5. The number of aromatic nitrogens is 1. The molecule has 1 N–H and O–H groups in total. The van der Waals surface area contributed by atoms with Crippen molar-refractivity contribution >= 4 is 5.91 Å². The lowest BCUT2D eigenvalue weighted by Crippen LogP contribution is -2.45. The van der Waals surface area contributed by atoms with E-state index < -0.39 is 0 Å². The molecular weight excluding hydrogens is 414 g/mol. The quantitative estimate of drug-likeness (QED) is 0.567. The van der Waals surface area contributed by atoms with Gasteiger partial charge in [0.1, 0.15) is 11.5 Å². The number of carbonyl (C=O) groups is 1. The predicted octanol–water partition coefficient (Wildman–Crippen LogP) is 4.02. The summed E-state index contributed by atoms with van der Waals surface area (Å²) in [6, 6.07) is 20.3. The molecule has 2 heterocycles. The Morgan fingerprint density at radius 1 is 1.00 bits per heavy atom. The smallest absolute Gasteiger partial charge is 0.224 e. The molecule has 1 aliphatic heterocycles. The lowest BCUT2D eigenvalue weighted by molar-refractivity contribution is -0.127. The first-order valence-electron chi connectivity index (χ1n) is 11.3. The van der Waals surface area contributed by atoms with Crippen LogP contribution in [0.5, 0.6) is 11.5 Å². The average Bonchev–Trinajstić information content (AvgIpc) is 2.88. The summed E-state index contributed by atoms with van der Waals surface area (Å²) in [5.74, 6) is 1.83. The second-order valence-electron chi connectivity index (χ2n) is 8.53. The number of hydrogen-bond acceptors (Lipinski definition) is 5. The van der Waals surface area contributed by atoms with Gasteiger partial charge >= 0.3 is 0 Å². The van der Waals surface area contributed by atoms with Crippen LogP contribution in [0, 0.1) is 5.92 Å². The van der Waals surface area contributed by atoms with Gasteiger partial charge in [-0.2, -0.15) is 0 Å². The van der Waals surface area contributed by atoms with Gasteiger partial charge in [0, 0.05) is 44.6 Å². The Morgan fingerprint density at radius 2 is 1.76 bits per heavy atom. The molecule has 3 aromatic rings. The van der Waals surface area contributed by atoms with Crippen molar-refractivity contribution in [3.8, 4) is 11.5 Å². The molecule has 4 rings (SSSR count). The predicted molar refractivity (Wildman–Crippen MR) is 128 cm³/mol. The average molecular weight is 446 g/mol. The van der Waals surface area contributed by atoms with Gasteiger partial charge in [-0.15, -0.1) is 0 Å².